The van der Waals surface area contributed by atoms with Gasteiger partial charge in [0.05, 0.1) is 0 Å². The van der Waals surface area contributed by atoms with Crippen LogP contribution in [0.15, 0.2) is 59.1 Å². The van der Waals surface area contributed by atoms with Crippen molar-refractivity contribution in [3.05, 3.63) is 59.7 Å². The van der Waals surface area contributed by atoms with Crippen LogP contribution in [0, 0.1) is 0 Å². The lowest BCUT2D eigenvalue weighted by Crippen LogP contribution is -2.20. The third-order valence-electron chi connectivity index (χ3n) is 2.76. The van der Waals surface area contributed by atoms with E-state index in [9.17, 15) is 0 Å². The summed E-state index contributed by atoms with van der Waals surface area (Å²) in [5, 5.41) is 0. The van der Waals surface area contributed by atoms with E-state index in [-0.39, 0.29) is 6.17 Å². The van der Waals surface area contributed by atoms with Gasteiger partial charge in [-0.3, -0.25) is 0 Å². The van der Waals surface area contributed by atoms with Gasteiger partial charge in [-0.05, 0) is 24.0 Å². The molecular formula is C14H17N3. The molecule has 0 aliphatic heterocycles. The Morgan fingerprint density at radius 2 is 2.00 bits per heavy atom. The van der Waals surface area contributed by atoms with Crippen molar-refractivity contribution in [3.8, 4) is 0 Å². The fourth-order valence-corrected chi connectivity index (χ4v) is 1.77. The number of hydrogen-bond acceptors (Lipinski definition) is 2. The van der Waals surface area contributed by atoms with Crippen molar-refractivity contribution in [1.82, 2.24) is 0 Å². The number of allylic oxidation sites excluding steroid dienone is 3. The maximum Gasteiger partial charge on any atom is 0.125 e. The summed E-state index contributed by atoms with van der Waals surface area (Å²) >= 11 is 0. The molecule has 3 nitrogen and oxygen atoms in total. The van der Waals surface area contributed by atoms with Crippen molar-refractivity contribution in [1.29, 1.82) is 0 Å². The Bertz CT molecular complexity index is 458. The summed E-state index contributed by atoms with van der Waals surface area (Å²) in [5.74, 6) is 0.547. The molecule has 1 unspecified atom stereocenters. The second-order valence-electron chi connectivity index (χ2n) is 4.03. The molecule has 0 amide bonds. The van der Waals surface area contributed by atoms with E-state index in [0.29, 0.717) is 5.84 Å². The fourth-order valence-electron chi connectivity index (χ4n) is 1.77. The molecule has 0 heterocycles. The lowest BCUT2D eigenvalue weighted by molar-refractivity contribution is 0.772. The van der Waals surface area contributed by atoms with Crippen LogP contribution in [0.25, 0.3) is 0 Å². The van der Waals surface area contributed by atoms with Crippen molar-refractivity contribution in [2.24, 2.45) is 16.5 Å². The lowest BCUT2D eigenvalue weighted by atomic mass is 10.0. The van der Waals surface area contributed by atoms with E-state index in [1.807, 2.05) is 42.5 Å². The highest BCUT2D eigenvalue weighted by Crippen LogP contribution is 2.15. The van der Waals surface area contributed by atoms with Gasteiger partial charge in [-0.2, -0.15) is 0 Å². The third-order valence-corrected chi connectivity index (χ3v) is 2.76. The quantitative estimate of drug-likeness (QED) is 0.614. The van der Waals surface area contributed by atoms with Gasteiger partial charge in [-0.25, -0.2) is 4.99 Å². The summed E-state index contributed by atoms with van der Waals surface area (Å²) in [5.41, 5.74) is 14.0. The van der Waals surface area contributed by atoms with E-state index < -0.39 is 0 Å². The van der Waals surface area contributed by atoms with Crippen molar-refractivity contribution >= 4 is 5.84 Å². The minimum atomic E-state index is -0.386. The minimum Gasteiger partial charge on any atom is -0.384 e. The Labute approximate surface area is 102 Å². The van der Waals surface area contributed by atoms with Crippen LogP contribution in [-0.2, 0) is 0 Å². The van der Waals surface area contributed by atoms with Gasteiger partial charge < -0.3 is 11.5 Å². The van der Waals surface area contributed by atoms with Crippen molar-refractivity contribution in [2.75, 3.05) is 0 Å². The second-order valence-corrected chi connectivity index (χ2v) is 4.03. The van der Waals surface area contributed by atoms with Gasteiger partial charge in [-0.15, -0.1) is 0 Å². The monoisotopic (exact) mass is 227 g/mol. The Hall–Kier alpha value is -1.87. The average Bonchev–Trinajstić information content (AvgIpc) is 2.40. The number of hydrogen-bond donors (Lipinski definition) is 2. The maximum absolute atomic E-state index is 5.99. The van der Waals surface area contributed by atoms with Crippen LogP contribution >= 0.6 is 0 Å². The van der Waals surface area contributed by atoms with Crippen LogP contribution in [0.2, 0.25) is 0 Å². The highest BCUT2D eigenvalue weighted by Gasteiger charge is 2.08. The van der Waals surface area contributed by atoms with E-state index in [1.54, 1.807) is 0 Å². The van der Waals surface area contributed by atoms with E-state index >= 15 is 0 Å². The Morgan fingerprint density at radius 1 is 1.24 bits per heavy atom. The van der Waals surface area contributed by atoms with Crippen molar-refractivity contribution in [2.45, 2.75) is 19.0 Å². The molecule has 2 rings (SSSR count). The van der Waals surface area contributed by atoms with Crippen LogP contribution in [0.4, 0.5) is 0 Å². The first-order valence-electron chi connectivity index (χ1n) is 5.77. The van der Waals surface area contributed by atoms with Gasteiger partial charge in [0.25, 0.3) is 0 Å². The highest BCUT2D eigenvalue weighted by molar-refractivity contribution is 5.97. The summed E-state index contributed by atoms with van der Waals surface area (Å²) in [6.07, 6.45) is 7.70. The zero-order valence-electron chi connectivity index (χ0n) is 9.71. The molecule has 1 aliphatic carbocycles. The summed E-state index contributed by atoms with van der Waals surface area (Å²) in [7, 11) is 0. The molecule has 4 N–H and O–H groups in total. The Kier molecular flexibility index (Phi) is 3.73. The second kappa shape index (κ2) is 5.46. The standard InChI is InChI=1S/C14H17N3/c15-13(11-7-3-1-4-8-11)17-14(16)12-9-5-2-6-10-12/h1-5,7-9,13H,6,10,15H2,(H2,16,17). The maximum atomic E-state index is 5.99. The Balaban J connectivity index is 2.13. The number of nitrogens with two attached hydrogens (primary N) is 2. The molecule has 0 saturated heterocycles. The number of amidine groups is 1. The lowest BCUT2D eigenvalue weighted by Gasteiger charge is -2.12. The molecule has 1 aliphatic rings. The number of aliphatic imine (C=N–C) groups is 1. The Morgan fingerprint density at radius 3 is 2.65 bits per heavy atom. The molecule has 88 valence electrons. The molecular weight excluding hydrogens is 210 g/mol. The van der Waals surface area contributed by atoms with Crippen LogP contribution in [0.3, 0.4) is 0 Å². The van der Waals surface area contributed by atoms with Gasteiger partial charge in [0.1, 0.15) is 12.0 Å². The van der Waals surface area contributed by atoms with Crippen molar-refractivity contribution < 1.29 is 0 Å². The molecule has 3 heteroatoms. The topological polar surface area (TPSA) is 64.4 Å². The minimum absolute atomic E-state index is 0.386. The zero-order valence-corrected chi connectivity index (χ0v) is 9.71. The predicted molar refractivity (Wildman–Crippen MR) is 71.4 cm³/mol. The average molecular weight is 227 g/mol. The summed E-state index contributed by atoms with van der Waals surface area (Å²) in [6.45, 7) is 0. The molecule has 17 heavy (non-hydrogen) atoms. The van der Waals surface area contributed by atoms with E-state index in [4.69, 9.17) is 11.5 Å². The predicted octanol–water partition coefficient (Wildman–Crippen LogP) is 2.28. The smallest absolute Gasteiger partial charge is 0.125 e. The first-order chi connectivity index (χ1) is 8.27. The van der Waals surface area contributed by atoms with E-state index in [2.05, 4.69) is 11.1 Å². The zero-order chi connectivity index (χ0) is 12.1. The summed E-state index contributed by atoms with van der Waals surface area (Å²) in [6, 6.07) is 9.76. The fraction of sp³-hybridized carbons (Fsp3) is 0.214. The number of benzene rings is 1. The van der Waals surface area contributed by atoms with Crippen LogP contribution in [0.5, 0.6) is 0 Å². The molecule has 0 aromatic heterocycles. The molecule has 0 radical (unpaired) electrons. The van der Waals surface area contributed by atoms with E-state index in [0.717, 1.165) is 24.0 Å². The number of rotatable bonds is 3. The van der Waals surface area contributed by atoms with Gasteiger partial charge in [0.15, 0.2) is 0 Å². The summed E-state index contributed by atoms with van der Waals surface area (Å²) < 4.78 is 0. The van der Waals surface area contributed by atoms with Crippen LogP contribution in [0.1, 0.15) is 24.6 Å². The normalized spacial score (nSPS) is 17.7. The first-order valence-corrected chi connectivity index (χ1v) is 5.77. The van der Waals surface area contributed by atoms with Crippen molar-refractivity contribution in [3.63, 3.8) is 0 Å². The van der Waals surface area contributed by atoms with E-state index in [1.165, 1.54) is 0 Å². The molecule has 0 fully saturated rings. The summed E-state index contributed by atoms with van der Waals surface area (Å²) in [4.78, 5) is 4.34. The van der Waals surface area contributed by atoms with Gasteiger partial charge in [0, 0.05) is 0 Å². The van der Waals surface area contributed by atoms with Gasteiger partial charge >= 0.3 is 0 Å². The number of nitrogens with zero attached hydrogens (tertiary/aromatic N) is 1. The van der Waals surface area contributed by atoms with Crippen LogP contribution in [-0.4, -0.2) is 5.84 Å². The molecule has 1 aromatic carbocycles. The SMILES string of the molecule is NC(=NC(N)c1ccccc1)C1=CC=CCC1. The largest absolute Gasteiger partial charge is 0.384 e. The molecule has 1 aromatic rings. The third kappa shape index (κ3) is 3.04. The molecule has 0 bridgehead atoms. The highest BCUT2D eigenvalue weighted by atomic mass is 15.0. The first kappa shape index (κ1) is 11.6. The molecule has 0 spiro atoms. The van der Waals surface area contributed by atoms with Crippen LogP contribution < -0.4 is 11.5 Å². The molecule has 0 saturated carbocycles. The molecule has 1 atom stereocenters. The van der Waals surface area contributed by atoms with Gasteiger partial charge in [-0.1, -0.05) is 48.6 Å². The van der Waals surface area contributed by atoms with Gasteiger partial charge in [0.2, 0.25) is 0 Å².